The molecule has 1 N–H and O–H groups in total. The maximum Gasteiger partial charge on any atom is 0.416 e. The summed E-state index contributed by atoms with van der Waals surface area (Å²) >= 11 is 8.96. The second-order valence-corrected chi connectivity index (χ2v) is 10.7. The smallest absolute Gasteiger partial charge is 0.416 e. The van der Waals surface area contributed by atoms with Crippen LogP contribution in [0.25, 0.3) is 0 Å². The Balaban J connectivity index is 1.57. The molecule has 0 fully saturated rings. The topological polar surface area (TPSA) is 65.0 Å². The van der Waals surface area contributed by atoms with Crippen molar-refractivity contribution >= 4 is 40.7 Å². The molecule has 1 atom stereocenters. The Labute approximate surface area is 220 Å². The average molecular weight is 561 g/mol. The number of carboxylic acid groups (broad SMARTS) is 1. The first kappa shape index (κ1) is 28.3. The molecule has 194 valence electrons. The molecule has 0 saturated carbocycles. The zero-order valence-corrected chi connectivity index (χ0v) is 21.6. The van der Waals surface area contributed by atoms with Crippen LogP contribution < -0.4 is 4.74 Å². The van der Waals surface area contributed by atoms with Crippen molar-refractivity contribution in [3.8, 4) is 5.75 Å². The highest BCUT2D eigenvalue weighted by atomic mass is 35.5. The predicted molar refractivity (Wildman–Crippen MR) is 134 cm³/mol. The van der Waals surface area contributed by atoms with Gasteiger partial charge in [-0.1, -0.05) is 23.7 Å². The molecular weight excluding hydrogens is 537 g/mol. The van der Waals surface area contributed by atoms with Gasteiger partial charge in [-0.3, -0.25) is 0 Å². The van der Waals surface area contributed by atoms with Crippen LogP contribution in [0.3, 0.4) is 0 Å². The minimum absolute atomic E-state index is 0.155. The summed E-state index contributed by atoms with van der Waals surface area (Å²) in [6.07, 6.45) is -4.67. The van der Waals surface area contributed by atoms with E-state index in [-0.39, 0.29) is 19.3 Å². The number of alkyl halides is 3. The number of ether oxygens (including phenoxy) is 3. The lowest BCUT2D eigenvalue weighted by Gasteiger charge is -2.18. The molecule has 0 bridgehead atoms. The minimum Gasteiger partial charge on any atom is -0.482 e. The number of carbonyl (C=O) groups is 1. The van der Waals surface area contributed by atoms with Crippen LogP contribution in [0, 0.1) is 6.92 Å². The molecule has 5 nitrogen and oxygen atoms in total. The van der Waals surface area contributed by atoms with Crippen LogP contribution in [0.5, 0.6) is 5.75 Å². The monoisotopic (exact) mass is 560 g/mol. The summed E-state index contributed by atoms with van der Waals surface area (Å²) in [5, 5.41) is 8.78. The number of benzene rings is 2. The third kappa shape index (κ3) is 9.33. The van der Waals surface area contributed by atoms with Gasteiger partial charge in [0.2, 0.25) is 0 Å². The molecule has 3 aromatic rings. The summed E-state index contributed by atoms with van der Waals surface area (Å²) in [6.45, 7) is 2.18. The number of hydrogen-bond donors (Lipinski definition) is 1. The van der Waals surface area contributed by atoms with Crippen LogP contribution in [0.15, 0.2) is 59.5 Å². The normalized spacial score (nSPS) is 12.5. The van der Waals surface area contributed by atoms with Crippen LogP contribution in [-0.4, -0.2) is 36.1 Å². The fourth-order valence-electron chi connectivity index (χ4n) is 3.07. The van der Waals surface area contributed by atoms with Crippen LogP contribution >= 0.6 is 34.7 Å². The van der Waals surface area contributed by atoms with E-state index in [4.69, 9.17) is 30.9 Å². The molecule has 0 aliphatic rings. The lowest BCUT2D eigenvalue weighted by Crippen LogP contribution is -2.22. The lowest BCUT2D eigenvalue weighted by molar-refractivity contribution is -0.139. The van der Waals surface area contributed by atoms with Gasteiger partial charge in [-0.25, -0.2) is 4.79 Å². The Bertz CT molecular complexity index is 1140. The van der Waals surface area contributed by atoms with Gasteiger partial charge in [0.1, 0.15) is 5.75 Å². The number of halogens is 4. The molecule has 0 saturated heterocycles. The second kappa shape index (κ2) is 13.3. The van der Waals surface area contributed by atoms with Crippen molar-refractivity contribution in [3.63, 3.8) is 0 Å². The summed E-state index contributed by atoms with van der Waals surface area (Å²) in [4.78, 5) is 12.6. The van der Waals surface area contributed by atoms with Crippen LogP contribution in [-0.2, 0) is 33.7 Å². The standard InChI is InChI=1S/C25H24ClF3O5S2/c1-16-10-20(6-8-22(16)34-14-24(30)31)35-15-19(33-13-21-7-9-23(26)36-21)12-32-11-17-2-4-18(5-3-17)25(27,28)29/h2-10,19H,11-15H2,1H3,(H,30,31)/t19-/m1/s1. The quantitative estimate of drug-likeness (QED) is 0.225. The van der Waals surface area contributed by atoms with E-state index in [2.05, 4.69) is 0 Å². The zero-order valence-electron chi connectivity index (χ0n) is 19.2. The molecule has 0 radical (unpaired) electrons. The van der Waals surface area contributed by atoms with Gasteiger partial charge in [-0.2, -0.15) is 13.2 Å². The van der Waals surface area contributed by atoms with E-state index in [1.54, 1.807) is 23.9 Å². The van der Waals surface area contributed by atoms with Crippen LogP contribution in [0.1, 0.15) is 21.6 Å². The van der Waals surface area contributed by atoms with Gasteiger partial charge < -0.3 is 19.3 Å². The third-order valence-electron chi connectivity index (χ3n) is 4.88. The number of hydrogen-bond acceptors (Lipinski definition) is 6. The number of aliphatic carboxylic acids is 1. The first-order valence-electron chi connectivity index (χ1n) is 10.8. The molecule has 2 aromatic carbocycles. The van der Waals surface area contributed by atoms with Crippen molar-refractivity contribution in [2.24, 2.45) is 0 Å². The molecular formula is C25H24ClF3O5S2. The van der Waals surface area contributed by atoms with Crippen molar-refractivity contribution in [1.82, 2.24) is 0 Å². The van der Waals surface area contributed by atoms with Gasteiger partial charge in [-0.05, 0) is 60.5 Å². The number of carboxylic acids is 1. The lowest BCUT2D eigenvalue weighted by atomic mass is 10.1. The Morgan fingerprint density at radius 1 is 1.11 bits per heavy atom. The summed E-state index contributed by atoms with van der Waals surface area (Å²) in [7, 11) is 0. The van der Waals surface area contributed by atoms with Gasteiger partial charge in [-0.15, -0.1) is 23.1 Å². The van der Waals surface area contributed by atoms with Crippen molar-refractivity contribution in [1.29, 1.82) is 0 Å². The summed E-state index contributed by atoms with van der Waals surface area (Å²) in [6, 6.07) is 14.0. The molecule has 0 unspecified atom stereocenters. The van der Waals surface area contributed by atoms with E-state index in [1.807, 2.05) is 25.1 Å². The fourth-order valence-corrected chi connectivity index (χ4v) is 5.08. The van der Waals surface area contributed by atoms with E-state index in [0.29, 0.717) is 28.0 Å². The van der Waals surface area contributed by atoms with Gasteiger partial charge >= 0.3 is 12.1 Å². The van der Waals surface area contributed by atoms with Crippen molar-refractivity contribution in [2.45, 2.75) is 37.3 Å². The van der Waals surface area contributed by atoms with E-state index in [9.17, 15) is 18.0 Å². The van der Waals surface area contributed by atoms with E-state index < -0.39 is 24.3 Å². The highest BCUT2D eigenvalue weighted by Crippen LogP contribution is 2.30. The first-order valence-corrected chi connectivity index (χ1v) is 13.0. The second-order valence-electron chi connectivity index (χ2n) is 7.77. The molecule has 1 aromatic heterocycles. The van der Waals surface area contributed by atoms with Crippen LogP contribution in [0.2, 0.25) is 4.34 Å². The number of thiophene rings is 1. The maximum atomic E-state index is 12.8. The Morgan fingerprint density at radius 3 is 2.47 bits per heavy atom. The number of aryl methyl sites for hydroxylation is 1. The Kier molecular flexibility index (Phi) is 10.5. The molecule has 1 heterocycles. The van der Waals surface area contributed by atoms with Crippen molar-refractivity contribution in [3.05, 3.63) is 80.5 Å². The molecule has 0 aliphatic carbocycles. The minimum atomic E-state index is -4.38. The number of thioether (sulfide) groups is 1. The third-order valence-corrected chi connectivity index (χ3v) is 7.21. The predicted octanol–water partition coefficient (Wildman–Crippen LogP) is 7.09. The van der Waals surface area contributed by atoms with Gasteiger partial charge in [0.25, 0.3) is 0 Å². The SMILES string of the molecule is Cc1cc(SC[C@@H](COCc2ccc(C(F)(F)F)cc2)OCc2ccc(Cl)s2)ccc1OCC(=O)O. The molecule has 11 heteroatoms. The molecule has 36 heavy (non-hydrogen) atoms. The highest BCUT2D eigenvalue weighted by molar-refractivity contribution is 7.99. The maximum absolute atomic E-state index is 12.8. The molecule has 0 aliphatic heterocycles. The summed E-state index contributed by atoms with van der Waals surface area (Å²) in [5.41, 5.74) is 0.741. The fraction of sp³-hybridized carbons (Fsp3) is 0.320. The van der Waals surface area contributed by atoms with Crippen molar-refractivity contribution < 1.29 is 37.3 Å². The van der Waals surface area contributed by atoms with E-state index >= 15 is 0 Å². The van der Waals surface area contributed by atoms with Crippen LogP contribution in [0.4, 0.5) is 13.2 Å². The van der Waals surface area contributed by atoms with E-state index in [1.165, 1.54) is 23.5 Å². The Morgan fingerprint density at radius 2 is 1.86 bits per heavy atom. The van der Waals surface area contributed by atoms with Gasteiger partial charge in [0.15, 0.2) is 6.61 Å². The summed E-state index contributed by atoms with van der Waals surface area (Å²) in [5.74, 6) is 0.0149. The van der Waals surface area contributed by atoms with Crippen molar-refractivity contribution in [2.75, 3.05) is 19.0 Å². The Hall–Kier alpha value is -2.24. The molecule has 3 rings (SSSR count). The van der Waals surface area contributed by atoms with Gasteiger partial charge in [0, 0.05) is 15.5 Å². The largest absolute Gasteiger partial charge is 0.482 e. The van der Waals surface area contributed by atoms with Gasteiger partial charge in [0.05, 0.1) is 35.8 Å². The van der Waals surface area contributed by atoms with E-state index in [0.717, 1.165) is 27.5 Å². The summed E-state index contributed by atoms with van der Waals surface area (Å²) < 4.78 is 56.0. The zero-order chi connectivity index (χ0) is 26.1. The molecule has 0 amide bonds. The molecule has 0 spiro atoms. The average Bonchev–Trinajstić information content (AvgIpc) is 3.24. The highest BCUT2D eigenvalue weighted by Gasteiger charge is 2.29. The number of rotatable bonds is 13. The first-order chi connectivity index (χ1) is 17.1.